The summed E-state index contributed by atoms with van der Waals surface area (Å²) < 4.78 is 0.522. The summed E-state index contributed by atoms with van der Waals surface area (Å²) >= 11 is 4.02. The van der Waals surface area contributed by atoms with Crippen molar-refractivity contribution in [1.82, 2.24) is 0 Å². The molecule has 1 aromatic carbocycles. The van der Waals surface area contributed by atoms with E-state index in [1.54, 1.807) is 0 Å². The van der Waals surface area contributed by atoms with E-state index in [0.29, 0.717) is 16.9 Å². The molecular weight excluding hydrogens is 298 g/mol. The van der Waals surface area contributed by atoms with Gasteiger partial charge in [0.15, 0.2) is 0 Å². The molecule has 1 amide bonds. The van der Waals surface area contributed by atoms with Crippen LogP contribution in [0.1, 0.15) is 35.8 Å². The Labute approximate surface area is 135 Å². The lowest BCUT2D eigenvalue weighted by Gasteiger charge is -2.21. The maximum atomic E-state index is 12.1. The first-order valence-electron chi connectivity index (χ1n) is 7.61. The van der Waals surface area contributed by atoms with E-state index < -0.39 is 0 Å². The van der Waals surface area contributed by atoms with E-state index in [1.807, 2.05) is 29.6 Å². The molecule has 1 unspecified atom stereocenters. The summed E-state index contributed by atoms with van der Waals surface area (Å²) in [5.74, 6) is 3.04. The molecule has 1 N–H and O–H groups in total. The zero-order chi connectivity index (χ0) is 14.5. The summed E-state index contributed by atoms with van der Waals surface area (Å²) in [6, 6.07) is 8.35. The van der Waals surface area contributed by atoms with Crippen LogP contribution in [0.4, 0.5) is 5.69 Å². The van der Waals surface area contributed by atoms with Gasteiger partial charge in [0.1, 0.15) is 0 Å². The monoisotopic (exact) mass is 319 g/mol. The lowest BCUT2D eigenvalue weighted by Crippen LogP contribution is -2.15. The van der Waals surface area contributed by atoms with Crippen molar-refractivity contribution >= 4 is 35.1 Å². The van der Waals surface area contributed by atoms with Crippen LogP contribution < -0.4 is 5.32 Å². The Morgan fingerprint density at radius 1 is 1.29 bits per heavy atom. The van der Waals surface area contributed by atoms with E-state index >= 15 is 0 Å². The number of nitrogens with one attached hydrogen (secondary N) is 1. The van der Waals surface area contributed by atoms with Gasteiger partial charge in [-0.3, -0.25) is 4.79 Å². The molecule has 112 valence electrons. The van der Waals surface area contributed by atoms with Crippen molar-refractivity contribution in [3.8, 4) is 0 Å². The van der Waals surface area contributed by atoms with Gasteiger partial charge in [-0.25, -0.2) is 0 Å². The molecule has 2 aliphatic rings. The van der Waals surface area contributed by atoms with Crippen molar-refractivity contribution in [2.75, 3.05) is 16.8 Å². The van der Waals surface area contributed by atoms with E-state index in [2.05, 4.69) is 35.7 Å². The molecule has 2 nitrogen and oxygen atoms in total. The number of carbonyl (C=O) groups is 1. The minimum Gasteiger partial charge on any atom is -0.326 e. The number of anilines is 1. The van der Waals surface area contributed by atoms with Gasteiger partial charge in [-0.2, -0.15) is 0 Å². The highest BCUT2D eigenvalue weighted by molar-refractivity contribution is 8.16. The second-order valence-electron chi connectivity index (χ2n) is 5.57. The van der Waals surface area contributed by atoms with Crippen molar-refractivity contribution in [1.29, 1.82) is 0 Å². The van der Waals surface area contributed by atoms with Gasteiger partial charge in [0.05, 0.1) is 4.58 Å². The summed E-state index contributed by atoms with van der Waals surface area (Å²) in [7, 11) is 0. The van der Waals surface area contributed by atoms with Gasteiger partial charge in [-0.1, -0.05) is 24.3 Å². The molecule has 0 radical (unpaired) electrons. The molecule has 1 atom stereocenters. The fourth-order valence-corrected chi connectivity index (χ4v) is 5.63. The molecule has 0 saturated carbocycles. The van der Waals surface area contributed by atoms with Crippen molar-refractivity contribution in [2.24, 2.45) is 5.92 Å². The maximum Gasteiger partial charge on any atom is 0.224 e. The third kappa shape index (κ3) is 4.30. The lowest BCUT2D eigenvalue weighted by atomic mass is 10.0. The molecule has 1 aliphatic carbocycles. The Morgan fingerprint density at radius 3 is 2.90 bits per heavy atom. The van der Waals surface area contributed by atoms with Crippen LogP contribution in [0.2, 0.25) is 0 Å². The SMILES string of the molecule is O=C(CC1C=CCC1)Nc1cccc(C2SCCCS2)c1. The van der Waals surface area contributed by atoms with Crippen LogP contribution in [0, 0.1) is 5.92 Å². The number of thioether (sulfide) groups is 2. The highest BCUT2D eigenvalue weighted by Gasteiger charge is 2.18. The van der Waals surface area contributed by atoms with Crippen molar-refractivity contribution in [3.63, 3.8) is 0 Å². The van der Waals surface area contributed by atoms with E-state index in [0.717, 1.165) is 18.5 Å². The summed E-state index contributed by atoms with van der Waals surface area (Å²) in [4.78, 5) is 12.1. The van der Waals surface area contributed by atoms with Crippen molar-refractivity contribution < 1.29 is 4.79 Å². The number of hydrogen-bond acceptors (Lipinski definition) is 3. The molecule has 3 rings (SSSR count). The Bertz CT molecular complexity index is 523. The van der Waals surface area contributed by atoms with E-state index in [-0.39, 0.29) is 5.91 Å². The molecule has 0 spiro atoms. The molecule has 1 fully saturated rings. The standard InChI is InChI=1S/C17H21NOS2/c19-16(11-13-5-1-2-6-13)18-15-8-3-7-14(12-15)17-20-9-4-10-21-17/h1,3,5,7-8,12-13,17H,2,4,6,9-11H2,(H,18,19). The maximum absolute atomic E-state index is 12.1. The van der Waals surface area contributed by atoms with Gasteiger partial charge in [-0.15, -0.1) is 23.5 Å². The molecule has 1 aromatic rings. The number of benzene rings is 1. The van der Waals surface area contributed by atoms with Crippen LogP contribution >= 0.6 is 23.5 Å². The minimum absolute atomic E-state index is 0.132. The Morgan fingerprint density at radius 2 is 2.14 bits per heavy atom. The zero-order valence-corrected chi connectivity index (χ0v) is 13.7. The number of allylic oxidation sites excluding steroid dienone is 2. The molecule has 0 bridgehead atoms. The smallest absolute Gasteiger partial charge is 0.224 e. The van der Waals surface area contributed by atoms with Gasteiger partial charge >= 0.3 is 0 Å². The number of amides is 1. The van der Waals surface area contributed by atoms with Crippen LogP contribution in [-0.4, -0.2) is 17.4 Å². The topological polar surface area (TPSA) is 29.1 Å². The van der Waals surface area contributed by atoms with Gasteiger partial charge < -0.3 is 5.32 Å². The van der Waals surface area contributed by atoms with Crippen LogP contribution in [0.5, 0.6) is 0 Å². The summed E-state index contributed by atoms with van der Waals surface area (Å²) in [6.07, 6.45) is 8.48. The highest BCUT2D eigenvalue weighted by Crippen LogP contribution is 2.44. The van der Waals surface area contributed by atoms with E-state index in [1.165, 1.54) is 23.5 Å². The first-order valence-corrected chi connectivity index (χ1v) is 9.71. The second kappa shape index (κ2) is 7.41. The van der Waals surface area contributed by atoms with Crippen LogP contribution in [0.15, 0.2) is 36.4 Å². The fourth-order valence-electron chi connectivity index (χ4n) is 2.76. The Hall–Kier alpha value is -0.870. The number of carbonyl (C=O) groups excluding carboxylic acids is 1. The van der Waals surface area contributed by atoms with E-state index in [9.17, 15) is 4.79 Å². The average molecular weight is 319 g/mol. The van der Waals surface area contributed by atoms with Crippen LogP contribution in [-0.2, 0) is 4.79 Å². The van der Waals surface area contributed by atoms with Crippen molar-refractivity contribution in [3.05, 3.63) is 42.0 Å². The molecule has 0 aromatic heterocycles. The second-order valence-corrected chi connectivity index (χ2v) is 8.29. The van der Waals surface area contributed by atoms with Crippen LogP contribution in [0.25, 0.3) is 0 Å². The first-order chi connectivity index (χ1) is 10.3. The van der Waals surface area contributed by atoms with Gasteiger partial charge in [0.2, 0.25) is 5.91 Å². The van der Waals surface area contributed by atoms with E-state index in [4.69, 9.17) is 0 Å². The largest absolute Gasteiger partial charge is 0.326 e. The molecule has 4 heteroatoms. The quantitative estimate of drug-likeness (QED) is 0.804. The third-order valence-corrected chi connectivity index (χ3v) is 6.84. The predicted octanol–water partition coefficient (Wildman–Crippen LogP) is 4.85. The number of hydrogen-bond donors (Lipinski definition) is 1. The molecule has 1 aliphatic heterocycles. The Kier molecular flexibility index (Phi) is 5.31. The zero-order valence-electron chi connectivity index (χ0n) is 12.1. The fraction of sp³-hybridized carbons (Fsp3) is 0.471. The van der Waals surface area contributed by atoms with Crippen LogP contribution in [0.3, 0.4) is 0 Å². The Balaban J connectivity index is 1.59. The van der Waals surface area contributed by atoms with Gasteiger partial charge in [0, 0.05) is 12.1 Å². The highest BCUT2D eigenvalue weighted by atomic mass is 32.2. The molecule has 1 heterocycles. The number of rotatable bonds is 4. The molecule has 1 saturated heterocycles. The van der Waals surface area contributed by atoms with Crippen molar-refractivity contribution in [2.45, 2.75) is 30.3 Å². The average Bonchev–Trinajstić information content (AvgIpc) is 3.01. The molecular formula is C17H21NOS2. The summed E-state index contributed by atoms with van der Waals surface area (Å²) in [6.45, 7) is 0. The normalized spacial score (nSPS) is 22.4. The lowest BCUT2D eigenvalue weighted by molar-refractivity contribution is -0.116. The first kappa shape index (κ1) is 15.0. The minimum atomic E-state index is 0.132. The van der Waals surface area contributed by atoms with Gasteiger partial charge in [0.25, 0.3) is 0 Å². The third-order valence-electron chi connectivity index (χ3n) is 3.83. The van der Waals surface area contributed by atoms with Gasteiger partial charge in [-0.05, 0) is 54.4 Å². The summed E-state index contributed by atoms with van der Waals surface area (Å²) in [5.41, 5.74) is 2.26. The predicted molar refractivity (Wildman–Crippen MR) is 93.8 cm³/mol. The summed E-state index contributed by atoms with van der Waals surface area (Å²) in [5, 5.41) is 3.06. The molecule has 21 heavy (non-hydrogen) atoms.